The average Bonchev–Trinajstić information content (AvgIpc) is 3.28. The average molecular weight is 457 g/mol. The van der Waals surface area contributed by atoms with Gasteiger partial charge in [-0.05, 0) is 89.0 Å². The number of fused-ring (bicyclic) bond motifs is 9. The lowest BCUT2D eigenvalue weighted by Gasteiger charge is -2.47. The van der Waals surface area contributed by atoms with Gasteiger partial charge in [0.2, 0.25) is 5.69 Å². The Bertz CT molecular complexity index is 1190. The van der Waals surface area contributed by atoms with Crippen molar-refractivity contribution in [2.24, 2.45) is 0 Å². The van der Waals surface area contributed by atoms with E-state index in [-0.39, 0.29) is 21.8 Å². The molecular weight excluding hydrogens is 410 g/mol. The highest BCUT2D eigenvalue weighted by Crippen LogP contribution is 2.63. The Morgan fingerprint density at radius 1 is 0.647 bits per heavy atom. The van der Waals surface area contributed by atoms with Crippen LogP contribution in [0.15, 0.2) is 24.4 Å². The normalized spacial score (nSPS) is 37.8. The Hall–Kier alpha value is -1.63. The summed E-state index contributed by atoms with van der Waals surface area (Å²) in [6.07, 6.45) is 10.2. The minimum Gasteiger partial charge on any atom is -0.192 e. The van der Waals surface area contributed by atoms with E-state index in [0.29, 0.717) is 10.8 Å². The first kappa shape index (κ1) is 22.8. The van der Waals surface area contributed by atoms with Crippen molar-refractivity contribution in [3.05, 3.63) is 52.2 Å². The molecule has 1 aromatic carbocycles. The zero-order valence-corrected chi connectivity index (χ0v) is 23.5. The largest absolute Gasteiger partial charge is 0.213 e. The van der Waals surface area contributed by atoms with Crippen LogP contribution in [0.3, 0.4) is 0 Å². The van der Waals surface area contributed by atoms with Crippen LogP contribution in [0.4, 0.5) is 0 Å². The van der Waals surface area contributed by atoms with E-state index < -0.39 is 0 Å². The van der Waals surface area contributed by atoms with E-state index in [0.717, 1.165) is 12.8 Å². The summed E-state index contributed by atoms with van der Waals surface area (Å²) in [5, 5.41) is 0. The highest BCUT2D eigenvalue weighted by Gasteiger charge is 2.60. The van der Waals surface area contributed by atoms with Crippen molar-refractivity contribution in [3.63, 3.8) is 0 Å². The minimum atomic E-state index is 0.0542. The summed E-state index contributed by atoms with van der Waals surface area (Å²) in [6, 6.07) is 8.00. The maximum atomic E-state index is 2.74. The van der Waals surface area contributed by atoms with E-state index in [1.807, 2.05) is 0 Å². The first-order valence-electron chi connectivity index (χ1n) is 14.0. The lowest BCUT2D eigenvalue weighted by atomic mass is 9.59. The predicted octanol–water partition coefficient (Wildman–Crippen LogP) is 8.12. The van der Waals surface area contributed by atoms with Gasteiger partial charge in [0.05, 0.1) is 11.0 Å². The van der Waals surface area contributed by atoms with Gasteiger partial charge in [0.15, 0.2) is 11.7 Å². The van der Waals surface area contributed by atoms with Gasteiger partial charge in [-0.2, -0.15) is 4.57 Å². The molecule has 1 nitrogen and oxygen atoms in total. The molecule has 0 saturated heterocycles. The minimum absolute atomic E-state index is 0.0542. The maximum Gasteiger partial charge on any atom is 0.213 e. The molecular formula is C33H46N+. The molecule has 1 aliphatic heterocycles. The second kappa shape index (κ2) is 6.19. The molecule has 0 radical (unpaired) electrons. The summed E-state index contributed by atoms with van der Waals surface area (Å²) in [5.41, 5.74) is 12.4. The summed E-state index contributed by atoms with van der Waals surface area (Å²) in [6.45, 7) is 24.9. The molecule has 3 aliphatic carbocycles. The predicted molar refractivity (Wildman–Crippen MR) is 143 cm³/mol. The zero-order chi connectivity index (χ0) is 24.7. The third kappa shape index (κ3) is 2.40. The third-order valence-corrected chi connectivity index (χ3v) is 11.9. The van der Waals surface area contributed by atoms with E-state index in [1.54, 1.807) is 27.8 Å². The van der Waals surface area contributed by atoms with E-state index >= 15 is 0 Å². The number of hydrogen-bond donors (Lipinski definition) is 0. The van der Waals surface area contributed by atoms with E-state index in [9.17, 15) is 0 Å². The van der Waals surface area contributed by atoms with Crippen LogP contribution < -0.4 is 4.57 Å². The standard InChI is InChI=1S/C33H46N/c1-11-32(9)22-16-25-24(30(7)13-14-31(25,8)20-30)15-21(22)27-17-23-26(18-34(27)33(32,10)12-2)29(5,6)19-28(23,3)4/h15-18H,11-14,19-20H2,1-10H3/q+1. The van der Waals surface area contributed by atoms with E-state index in [1.165, 1.54) is 36.9 Å². The second-order valence-corrected chi connectivity index (χ2v) is 14.9. The molecule has 1 heteroatoms. The number of benzene rings is 1. The molecule has 4 aliphatic rings. The van der Waals surface area contributed by atoms with Crippen LogP contribution in [0.2, 0.25) is 0 Å². The van der Waals surface area contributed by atoms with Crippen molar-refractivity contribution >= 4 is 0 Å². The van der Waals surface area contributed by atoms with E-state index in [2.05, 4.69) is 98.2 Å². The van der Waals surface area contributed by atoms with E-state index in [4.69, 9.17) is 0 Å². The Morgan fingerprint density at radius 2 is 1.24 bits per heavy atom. The highest BCUT2D eigenvalue weighted by molar-refractivity contribution is 5.71. The molecule has 1 fully saturated rings. The highest BCUT2D eigenvalue weighted by atomic mass is 15.1. The van der Waals surface area contributed by atoms with Gasteiger partial charge in [0.25, 0.3) is 0 Å². The van der Waals surface area contributed by atoms with Gasteiger partial charge in [0.1, 0.15) is 0 Å². The molecule has 6 rings (SSSR count). The molecule has 34 heavy (non-hydrogen) atoms. The molecule has 0 amide bonds. The van der Waals surface area contributed by atoms with Crippen LogP contribution in [-0.2, 0) is 32.6 Å². The summed E-state index contributed by atoms with van der Waals surface area (Å²) in [7, 11) is 0. The number of rotatable bonds is 2. The van der Waals surface area contributed by atoms with Crippen LogP contribution in [-0.4, -0.2) is 0 Å². The Labute approximate surface area is 208 Å². The van der Waals surface area contributed by atoms with Gasteiger partial charge < -0.3 is 0 Å². The summed E-state index contributed by atoms with van der Waals surface area (Å²) in [4.78, 5) is 0. The lowest BCUT2D eigenvalue weighted by Crippen LogP contribution is -2.67. The van der Waals surface area contributed by atoms with Crippen LogP contribution in [0, 0.1) is 0 Å². The summed E-state index contributed by atoms with van der Waals surface area (Å²) >= 11 is 0. The molecule has 4 unspecified atom stereocenters. The molecule has 4 atom stereocenters. The zero-order valence-electron chi connectivity index (χ0n) is 23.5. The van der Waals surface area contributed by atoms with Crippen molar-refractivity contribution in [2.45, 2.75) is 140 Å². The first-order valence-corrected chi connectivity index (χ1v) is 14.0. The number of hydrogen-bond acceptors (Lipinski definition) is 0. The van der Waals surface area contributed by atoms with Gasteiger partial charge in [-0.15, -0.1) is 0 Å². The fraction of sp³-hybridized carbons (Fsp3) is 0.667. The quantitative estimate of drug-likeness (QED) is 0.402. The number of aromatic nitrogens is 1. The van der Waals surface area contributed by atoms with Crippen LogP contribution in [0.25, 0.3) is 11.3 Å². The van der Waals surface area contributed by atoms with Gasteiger partial charge in [0, 0.05) is 25.0 Å². The maximum absolute atomic E-state index is 2.74. The van der Waals surface area contributed by atoms with Crippen molar-refractivity contribution in [1.82, 2.24) is 0 Å². The second-order valence-electron chi connectivity index (χ2n) is 14.9. The summed E-state index contributed by atoms with van der Waals surface area (Å²) in [5.74, 6) is 0. The molecule has 0 spiro atoms. The molecule has 182 valence electrons. The molecule has 1 aromatic heterocycles. The van der Waals surface area contributed by atoms with Crippen LogP contribution >= 0.6 is 0 Å². The Balaban J connectivity index is 1.73. The van der Waals surface area contributed by atoms with Crippen molar-refractivity contribution in [3.8, 4) is 11.3 Å². The Kier molecular flexibility index (Phi) is 4.15. The van der Waals surface area contributed by atoms with Crippen LogP contribution in [0.5, 0.6) is 0 Å². The van der Waals surface area contributed by atoms with Gasteiger partial charge in [-0.25, -0.2) is 0 Å². The van der Waals surface area contributed by atoms with Crippen LogP contribution in [0.1, 0.15) is 136 Å². The smallest absolute Gasteiger partial charge is 0.192 e. The number of pyridine rings is 1. The van der Waals surface area contributed by atoms with Crippen molar-refractivity contribution in [1.29, 1.82) is 0 Å². The Morgan fingerprint density at radius 3 is 1.82 bits per heavy atom. The van der Waals surface area contributed by atoms with Crippen molar-refractivity contribution < 1.29 is 4.57 Å². The topological polar surface area (TPSA) is 3.88 Å². The fourth-order valence-electron chi connectivity index (χ4n) is 9.57. The third-order valence-electron chi connectivity index (χ3n) is 11.9. The monoisotopic (exact) mass is 456 g/mol. The molecule has 2 heterocycles. The van der Waals surface area contributed by atoms with Gasteiger partial charge >= 0.3 is 0 Å². The number of nitrogens with zero attached hydrogens (tertiary/aromatic N) is 1. The first-order chi connectivity index (χ1) is 15.7. The lowest BCUT2D eigenvalue weighted by molar-refractivity contribution is -0.765. The van der Waals surface area contributed by atoms with Gasteiger partial charge in [-0.1, -0.05) is 61.5 Å². The van der Waals surface area contributed by atoms with Gasteiger partial charge in [-0.3, -0.25) is 0 Å². The summed E-state index contributed by atoms with van der Waals surface area (Å²) < 4.78 is 2.74. The molecule has 0 N–H and O–H groups in total. The fourth-order valence-corrected chi connectivity index (χ4v) is 9.57. The van der Waals surface area contributed by atoms with Crippen molar-refractivity contribution in [2.75, 3.05) is 0 Å². The molecule has 2 aromatic rings. The molecule has 2 bridgehead atoms. The molecule has 1 saturated carbocycles. The SMILES string of the molecule is CCC1(C)c2cc3c(cc2-c2cc4c(c[n+]2C1(C)CC)C(C)(C)CC4(C)C)C1(C)CCC3(C)C1.